The highest BCUT2D eigenvalue weighted by atomic mass is 16.5. The number of hydrogen-bond acceptors (Lipinski definition) is 3. The van der Waals surface area contributed by atoms with Crippen LogP contribution in [0.25, 0.3) is 0 Å². The first-order valence-electron chi connectivity index (χ1n) is 4.29. The largest absolute Gasteiger partial charge is 0.390 e. The number of hydrogen-bond donors (Lipinski definition) is 2. The predicted octanol–water partition coefficient (Wildman–Crippen LogP) is 0.0496. The van der Waals surface area contributed by atoms with Crippen LogP contribution in [0.1, 0.15) is 25.7 Å². The Morgan fingerprint density at radius 3 is 2.55 bits per heavy atom. The van der Waals surface area contributed by atoms with Crippen molar-refractivity contribution in [3.05, 3.63) is 0 Å². The zero-order valence-electron chi connectivity index (χ0n) is 6.44. The Morgan fingerprint density at radius 2 is 1.73 bits per heavy atom. The van der Waals surface area contributed by atoms with Crippen LogP contribution in [0, 0.1) is 0 Å². The summed E-state index contributed by atoms with van der Waals surface area (Å²) < 4.78 is 5.49. The molecule has 0 aromatic heterocycles. The van der Waals surface area contributed by atoms with Crippen molar-refractivity contribution >= 4 is 0 Å². The fraction of sp³-hybridized carbons (Fsp3) is 1.00. The average molecular weight is 158 g/mol. The van der Waals surface area contributed by atoms with E-state index in [9.17, 15) is 10.2 Å². The molecule has 2 bridgehead atoms. The maximum Gasteiger partial charge on any atom is 0.106 e. The Morgan fingerprint density at radius 1 is 1.00 bits per heavy atom. The minimum absolute atomic E-state index is 0.0995. The number of rotatable bonds is 0. The molecule has 0 radical (unpaired) electrons. The van der Waals surface area contributed by atoms with E-state index in [1.165, 1.54) is 0 Å². The highest BCUT2D eigenvalue weighted by Gasteiger charge is 2.37. The summed E-state index contributed by atoms with van der Waals surface area (Å²) >= 11 is 0. The maximum absolute atomic E-state index is 9.47. The summed E-state index contributed by atoms with van der Waals surface area (Å²) in [4.78, 5) is 0. The van der Waals surface area contributed by atoms with E-state index in [0.717, 1.165) is 19.3 Å². The summed E-state index contributed by atoms with van der Waals surface area (Å²) in [5, 5.41) is 18.8. The van der Waals surface area contributed by atoms with Gasteiger partial charge in [-0.3, -0.25) is 0 Å². The van der Waals surface area contributed by atoms with Gasteiger partial charge in [0.2, 0.25) is 0 Å². The van der Waals surface area contributed by atoms with E-state index in [1.54, 1.807) is 0 Å². The molecule has 64 valence electrons. The van der Waals surface area contributed by atoms with E-state index >= 15 is 0 Å². The SMILES string of the molecule is OC1CCC2CCC(O2)C1O. The monoisotopic (exact) mass is 158 g/mol. The smallest absolute Gasteiger partial charge is 0.106 e. The third-order valence-corrected chi connectivity index (χ3v) is 2.70. The van der Waals surface area contributed by atoms with E-state index in [-0.39, 0.29) is 6.10 Å². The van der Waals surface area contributed by atoms with Crippen molar-refractivity contribution < 1.29 is 14.9 Å². The van der Waals surface area contributed by atoms with Crippen LogP contribution < -0.4 is 0 Å². The van der Waals surface area contributed by atoms with Gasteiger partial charge < -0.3 is 14.9 Å². The molecule has 0 amide bonds. The Labute approximate surface area is 66.0 Å². The van der Waals surface area contributed by atoms with Crippen molar-refractivity contribution in [2.45, 2.75) is 50.1 Å². The summed E-state index contributed by atoms with van der Waals surface area (Å²) in [6.45, 7) is 0. The van der Waals surface area contributed by atoms with E-state index in [0.29, 0.717) is 12.5 Å². The molecule has 4 unspecified atom stereocenters. The van der Waals surface area contributed by atoms with Crippen LogP contribution in [0.15, 0.2) is 0 Å². The second-order valence-corrected chi connectivity index (χ2v) is 3.51. The lowest BCUT2D eigenvalue weighted by molar-refractivity contribution is -0.0633. The molecule has 4 atom stereocenters. The van der Waals surface area contributed by atoms with Crippen molar-refractivity contribution in [2.24, 2.45) is 0 Å². The van der Waals surface area contributed by atoms with E-state index < -0.39 is 12.2 Å². The number of aliphatic hydroxyl groups excluding tert-OH is 2. The summed E-state index contributed by atoms with van der Waals surface area (Å²) in [7, 11) is 0. The lowest BCUT2D eigenvalue weighted by Crippen LogP contribution is -2.35. The fourth-order valence-electron chi connectivity index (χ4n) is 1.97. The van der Waals surface area contributed by atoms with Crippen molar-refractivity contribution in [3.8, 4) is 0 Å². The molecule has 2 saturated heterocycles. The normalized spacial score (nSPS) is 50.7. The van der Waals surface area contributed by atoms with E-state index in [1.807, 2.05) is 0 Å². The molecule has 2 rings (SSSR count). The highest BCUT2D eigenvalue weighted by molar-refractivity contribution is 4.87. The topological polar surface area (TPSA) is 49.7 Å². The summed E-state index contributed by atoms with van der Waals surface area (Å²) in [6.07, 6.45) is 2.52. The Kier molecular flexibility index (Phi) is 1.87. The Bertz CT molecular complexity index is 148. The maximum atomic E-state index is 9.47. The van der Waals surface area contributed by atoms with Gasteiger partial charge in [-0.2, -0.15) is 0 Å². The second-order valence-electron chi connectivity index (χ2n) is 3.51. The molecule has 2 aliphatic heterocycles. The van der Waals surface area contributed by atoms with Crippen molar-refractivity contribution in [1.29, 1.82) is 0 Å². The average Bonchev–Trinajstić information content (AvgIpc) is 2.41. The number of fused-ring (bicyclic) bond motifs is 2. The second kappa shape index (κ2) is 2.73. The molecule has 11 heavy (non-hydrogen) atoms. The first kappa shape index (κ1) is 7.53. The quantitative estimate of drug-likeness (QED) is 0.523. The summed E-state index contributed by atoms with van der Waals surface area (Å²) in [5.41, 5.74) is 0. The van der Waals surface area contributed by atoms with Crippen molar-refractivity contribution in [1.82, 2.24) is 0 Å². The minimum atomic E-state index is -0.650. The van der Waals surface area contributed by atoms with E-state index in [2.05, 4.69) is 0 Å². The predicted molar refractivity (Wildman–Crippen MR) is 39.1 cm³/mol. The van der Waals surface area contributed by atoms with Crippen LogP contribution in [0.4, 0.5) is 0 Å². The lowest BCUT2D eigenvalue weighted by atomic mass is 9.96. The first-order chi connectivity index (χ1) is 5.27. The molecule has 0 saturated carbocycles. The summed E-state index contributed by atoms with van der Waals surface area (Å²) in [6, 6.07) is 0. The first-order valence-corrected chi connectivity index (χ1v) is 4.29. The van der Waals surface area contributed by atoms with Gasteiger partial charge >= 0.3 is 0 Å². The van der Waals surface area contributed by atoms with Gasteiger partial charge in [0.15, 0.2) is 0 Å². The fourth-order valence-corrected chi connectivity index (χ4v) is 1.97. The molecule has 0 aromatic carbocycles. The van der Waals surface area contributed by atoms with Crippen molar-refractivity contribution in [2.75, 3.05) is 0 Å². The third kappa shape index (κ3) is 1.28. The van der Waals surface area contributed by atoms with Gasteiger partial charge in [-0.25, -0.2) is 0 Å². The molecule has 0 aliphatic carbocycles. The molecule has 3 nitrogen and oxygen atoms in total. The van der Waals surface area contributed by atoms with Crippen LogP contribution in [0.5, 0.6) is 0 Å². The van der Waals surface area contributed by atoms with Crippen LogP contribution in [-0.2, 0) is 4.74 Å². The van der Waals surface area contributed by atoms with Crippen LogP contribution in [0.2, 0.25) is 0 Å². The molecule has 2 aliphatic rings. The van der Waals surface area contributed by atoms with Gasteiger partial charge in [-0.15, -0.1) is 0 Å². The zero-order chi connectivity index (χ0) is 7.84. The molecule has 2 fully saturated rings. The van der Waals surface area contributed by atoms with Gasteiger partial charge in [0, 0.05) is 0 Å². The zero-order valence-corrected chi connectivity index (χ0v) is 6.44. The molecule has 3 heteroatoms. The number of aliphatic hydroxyl groups is 2. The molecule has 2 heterocycles. The number of ether oxygens (including phenoxy) is 1. The minimum Gasteiger partial charge on any atom is -0.390 e. The van der Waals surface area contributed by atoms with Gasteiger partial charge in [0.05, 0.1) is 18.3 Å². The Balaban J connectivity index is 2.07. The van der Waals surface area contributed by atoms with Crippen LogP contribution >= 0.6 is 0 Å². The van der Waals surface area contributed by atoms with E-state index in [4.69, 9.17) is 4.74 Å². The third-order valence-electron chi connectivity index (χ3n) is 2.70. The van der Waals surface area contributed by atoms with Gasteiger partial charge in [0.25, 0.3) is 0 Å². The molecular weight excluding hydrogens is 144 g/mol. The van der Waals surface area contributed by atoms with Gasteiger partial charge in [-0.05, 0) is 25.7 Å². The molecule has 0 spiro atoms. The van der Waals surface area contributed by atoms with Crippen LogP contribution in [-0.4, -0.2) is 34.6 Å². The molecule has 0 aromatic rings. The Hall–Kier alpha value is -0.120. The summed E-state index contributed by atoms with van der Waals surface area (Å²) in [5.74, 6) is 0. The molecular formula is C8H14O3. The molecule has 2 N–H and O–H groups in total. The van der Waals surface area contributed by atoms with Crippen molar-refractivity contribution in [3.63, 3.8) is 0 Å². The van der Waals surface area contributed by atoms with Crippen LogP contribution in [0.3, 0.4) is 0 Å². The van der Waals surface area contributed by atoms with Gasteiger partial charge in [0.1, 0.15) is 6.10 Å². The lowest BCUT2D eigenvalue weighted by Gasteiger charge is -2.19. The van der Waals surface area contributed by atoms with Gasteiger partial charge in [-0.1, -0.05) is 0 Å². The standard InChI is InChI=1S/C8H14O3/c9-6-3-1-5-2-4-7(11-5)8(6)10/h5-10H,1-4H2. The highest BCUT2D eigenvalue weighted by Crippen LogP contribution is 2.31.